The van der Waals surface area contributed by atoms with Crippen LogP contribution < -0.4 is 10.6 Å². The highest BCUT2D eigenvalue weighted by Crippen LogP contribution is 2.58. The van der Waals surface area contributed by atoms with E-state index in [1.807, 2.05) is 19.1 Å². The molecule has 1 amide bonds. The maximum absolute atomic E-state index is 12.4. The average molecular weight is 407 g/mol. The van der Waals surface area contributed by atoms with E-state index in [9.17, 15) is 4.79 Å². The summed E-state index contributed by atoms with van der Waals surface area (Å²) < 4.78 is 1.20. The molecule has 20 heavy (non-hydrogen) atoms. The van der Waals surface area contributed by atoms with Gasteiger partial charge < -0.3 is 10.6 Å². The molecule has 1 aromatic rings. The molecular weight excluding hydrogens is 387 g/mol. The fourth-order valence-electron chi connectivity index (χ4n) is 3.18. The number of hydrogen-bond donors (Lipinski definition) is 2. The summed E-state index contributed by atoms with van der Waals surface area (Å²) in [4.78, 5) is 12.4. The number of carbonyl (C=O) groups excluding carboxylic acids is 1. The van der Waals surface area contributed by atoms with E-state index in [0.717, 1.165) is 43.6 Å². The van der Waals surface area contributed by atoms with Crippen LogP contribution in [0.15, 0.2) is 18.2 Å². The molecule has 1 saturated heterocycles. The monoisotopic (exact) mass is 406 g/mol. The van der Waals surface area contributed by atoms with Gasteiger partial charge in [-0.15, -0.1) is 12.4 Å². The van der Waals surface area contributed by atoms with Gasteiger partial charge in [-0.05, 0) is 91.0 Å². The number of anilines is 1. The Morgan fingerprint density at radius 2 is 2.10 bits per heavy atom. The molecule has 1 atom stereocenters. The Balaban J connectivity index is 0.00000147. The Hall–Kier alpha value is -0.330. The number of amides is 1. The van der Waals surface area contributed by atoms with Crippen molar-refractivity contribution in [2.24, 2.45) is 11.3 Å². The Labute approximate surface area is 139 Å². The van der Waals surface area contributed by atoms with Crippen molar-refractivity contribution in [3.63, 3.8) is 0 Å². The van der Waals surface area contributed by atoms with Gasteiger partial charge in [0.15, 0.2) is 0 Å². The molecule has 2 aliphatic rings. The van der Waals surface area contributed by atoms with Crippen LogP contribution in [0, 0.1) is 21.8 Å². The summed E-state index contributed by atoms with van der Waals surface area (Å²) in [6.07, 6.45) is 3.37. The molecule has 0 bridgehead atoms. The summed E-state index contributed by atoms with van der Waals surface area (Å²) in [7, 11) is 0. The normalized spacial score (nSPS) is 23.0. The lowest BCUT2D eigenvalue weighted by atomic mass is 9.91. The van der Waals surface area contributed by atoms with Crippen molar-refractivity contribution >= 4 is 46.6 Å². The van der Waals surface area contributed by atoms with Crippen molar-refractivity contribution < 1.29 is 4.79 Å². The largest absolute Gasteiger partial charge is 0.326 e. The first-order valence-corrected chi connectivity index (χ1v) is 7.96. The minimum absolute atomic E-state index is 0. The van der Waals surface area contributed by atoms with Crippen LogP contribution in [0.5, 0.6) is 0 Å². The maximum Gasteiger partial charge on any atom is 0.228 e. The molecule has 1 aliphatic carbocycles. The molecule has 2 N–H and O–H groups in total. The lowest BCUT2D eigenvalue weighted by Crippen LogP contribution is -2.31. The number of hydrogen-bond acceptors (Lipinski definition) is 2. The van der Waals surface area contributed by atoms with E-state index in [-0.39, 0.29) is 24.2 Å². The molecule has 1 saturated carbocycles. The van der Waals surface area contributed by atoms with E-state index in [1.54, 1.807) is 0 Å². The molecule has 1 spiro atoms. The minimum atomic E-state index is 0. The van der Waals surface area contributed by atoms with Gasteiger partial charge in [0.05, 0.1) is 0 Å². The van der Waals surface area contributed by atoms with Crippen LogP contribution in [-0.2, 0) is 4.79 Å². The number of benzene rings is 1. The first-order chi connectivity index (χ1) is 9.11. The number of rotatable bonds is 2. The highest BCUT2D eigenvalue weighted by atomic mass is 127. The van der Waals surface area contributed by atoms with Crippen molar-refractivity contribution in [3.05, 3.63) is 27.3 Å². The number of halogens is 2. The fourth-order valence-corrected chi connectivity index (χ4v) is 3.83. The Morgan fingerprint density at radius 1 is 1.40 bits per heavy atom. The Kier molecular flexibility index (Phi) is 4.97. The lowest BCUT2D eigenvalue weighted by Gasteiger charge is -2.23. The first kappa shape index (κ1) is 16.0. The molecule has 2 fully saturated rings. The Bertz CT molecular complexity index is 515. The van der Waals surface area contributed by atoms with E-state index < -0.39 is 0 Å². The van der Waals surface area contributed by atoms with Crippen LogP contribution in [-0.4, -0.2) is 19.0 Å². The van der Waals surface area contributed by atoms with E-state index in [1.165, 1.54) is 3.57 Å². The topological polar surface area (TPSA) is 41.1 Å². The van der Waals surface area contributed by atoms with Crippen LogP contribution in [0.25, 0.3) is 0 Å². The number of nitrogens with one attached hydrogen (secondary N) is 2. The summed E-state index contributed by atoms with van der Waals surface area (Å²) in [5.41, 5.74) is 2.41. The zero-order chi connectivity index (χ0) is 13.5. The third-order valence-corrected chi connectivity index (χ3v) is 5.22. The third-order valence-electron chi connectivity index (χ3n) is 4.55. The van der Waals surface area contributed by atoms with Gasteiger partial charge in [-0.3, -0.25) is 4.79 Å². The molecule has 0 radical (unpaired) electrons. The number of carbonyl (C=O) groups is 1. The van der Waals surface area contributed by atoms with Crippen LogP contribution in [0.2, 0.25) is 0 Å². The van der Waals surface area contributed by atoms with Gasteiger partial charge in [-0.25, -0.2) is 0 Å². The van der Waals surface area contributed by atoms with Gasteiger partial charge in [0, 0.05) is 15.2 Å². The van der Waals surface area contributed by atoms with Gasteiger partial charge in [0.25, 0.3) is 0 Å². The van der Waals surface area contributed by atoms with Gasteiger partial charge in [-0.1, -0.05) is 0 Å². The molecule has 3 nitrogen and oxygen atoms in total. The standard InChI is InChI=1S/C15H19IN2O.ClH/c1-10-8-11(16)2-3-13(10)18-14(19)12-9-15(12)4-6-17-7-5-15;/h2-3,8,12,17H,4-7,9H2,1H3,(H,18,19);1H. The van der Waals surface area contributed by atoms with Gasteiger partial charge in [-0.2, -0.15) is 0 Å². The van der Waals surface area contributed by atoms with Crippen LogP contribution in [0.3, 0.4) is 0 Å². The van der Waals surface area contributed by atoms with Crippen LogP contribution in [0.4, 0.5) is 5.69 Å². The SMILES string of the molecule is Cc1cc(I)ccc1NC(=O)C1CC12CCNCC2.Cl. The molecule has 5 heteroatoms. The third kappa shape index (κ3) is 3.12. The zero-order valence-electron chi connectivity index (χ0n) is 11.5. The fraction of sp³-hybridized carbons (Fsp3) is 0.533. The lowest BCUT2D eigenvalue weighted by molar-refractivity contribution is -0.118. The summed E-state index contributed by atoms with van der Waals surface area (Å²) in [6, 6.07) is 6.15. The molecule has 1 heterocycles. The zero-order valence-corrected chi connectivity index (χ0v) is 14.5. The summed E-state index contributed by atoms with van der Waals surface area (Å²) in [6.45, 7) is 4.17. The Morgan fingerprint density at radius 3 is 2.75 bits per heavy atom. The van der Waals surface area contributed by atoms with E-state index in [4.69, 9.17) is 0 Å². The van der Waals surface area contributed by atoms with Gasteiger partial charge >= 0.3 is 0 Å². The second-order valence-corrected chi connectivity index (χ2v) is 7.06. The highest BCUT2D eigenvalue weighted by molar-refractivity contribution is 14.1. The molecule has 110 valence electrons. The molecule has 0 aromatic heterocycles. The van der Waals surface area contributed by atoms with Crippen molar-refractivity contribution in [2.75, 3.05) is 18.4 Å². The minimum Gasteiger partial charge on any atom is -0.326 e. The second kappa shape index (κ2) is 6.20. The second-order valence-electron chi connectivity index (χ2n) is 5.82. The van der Waals surface area contributed by atoms with Gasteiger partial charge in [0.1, 0.15) is 0 Å². The van der Waals surface area contributed by atoms with Crippen molar-refractivity contribution in [3.8, 4) is 0 Å². The predicted octanol–water partition coefficient (Wildman–Crippen LogP) is 3.35. The number of piperidine rings is 1. The summed E-state index contributed by atoms with van der Waals surface area (Å²) >= 11 is 2.29. The van der Waals surface area contributed by atoms with Crippen LogP contribution in [0.1, 0.15) is 24.8 Å². The van der Waals surface area contributed by atoms with Crippen molar-refractivity contribution in [1.29, 1.82) is 0 Å². The number of aryl methyl sites for hydroxylation is 1. The van der Waals surface area contributed by atoms with E-state index in [0.29, 0.717) is 5.41 Å². The molecule has 1 unspecified atom stereocenters. The average Bonchev–Trinajstić information content (AvgIpc) is 3.07. The van der Waals surface area contributed by atoms with Crippen molar-refractivity contribution in [2.45, 2.75) is 26.2 Å². The summed E-state index contributed by atoms with van der Waals surface area (Å²) in [5.74, 6) is 0.444. The quantitative estimate of drug-likeness (QED) is 0.740. The molecule has 3 rings (SSSR count). The predicted molar refractivity (Wildman–Crippen MR) is 92.4 cm³/mol. The molecule has 1 aliphatic heterocycles. The highest BCUT2D eigenvalue weighted by Gasteiger charge is 2.57. The molecular formula is C15H20ClIN2O. The smallest absolute Gasteiger partial charge is 0.228 e. The molecule has 1 aromatic carbocycles. The van der Waals surface area contributed by atoms with E-state index in [2.05, 4.69) is 39.3 Å². The van der Waals surface area contributed by atoms with E-state index >= 15 is 0 Å². The van der Waals surface area contributed by atoms with Crippen molar-refractivity contribution in [1.82, 2.24) is 5.32 Å². The van der Waals surface area contributed by atoms with Gasteiger partial charge in [0.2, 0.25) is 5.91 Å². The van der Waals surface area contributed by atoms with Crippen LogP contribution >= 0.6 is 35.0 Å². The maximum atomic E-state index is 12.4. The summed E-state index contributed by atoms with van der Waals surface area (Å²) in [5, 5.41) is 6.48. The first-order valence-electron chi connectivity index (χ1n) is 6.88.